The van der Waals surface area contributed by atoms with E-state index in [4.69, 9.17) is 0 Å². The van der Waals surface area contributed by atoms with Gasteiger partial charge in [-0.05, 0) is 42.5 Å². The topological polar surface area (TPSA) is 40.5 Å². The number of carbonyl (C=O) groups is 1. The molecule has 1 saturated heterocycles. The average molecular weight is 217 g/mol. The van der Waals surface area contributed by atoms with Crippen LogP contribution < -0.4 is 4.90 Å². The molecule has 1 fully saturated rings. The van der Waals surface area contributed by atoms with Gasteiger partial charge >= 0.3 is 0 Å². The van der Waals surface area contributed by atoms with Crippen molar-refractivity contribution in [3.63, 3.8) is 0 Å². The van der Waals surface area contributed by atoms with Crippen LogP contribution in [0.25, 0.3) is 0 Å². The second kappa shape index (κ2) is 3.59. The fourth-order valence-corrected chi connectivity index (χ4v) is 2.66. The zero-order valence-corrected chi connectivity index (χ0v) is 9.15. The molecular weight excluding hydrogens is 202 g/mol. The number of anilines is 1. The van der Waals surface area contributed by atoms with Crippen molar-refractivity contribution in [2.45, 2.75) is 31.8 Å². The van der Waals surface area contributed by atoms with Gasteiger partial charge in [0.15, 0.2) is 0 Å². The number of fused-ring (bicyclic) bond motifs is 1. The summed E-state index contributed by atoms with van der Waals surface area (Å²) in [7, 11) is 0. The van der Waals surface area contributed by atoms with Crippen LogP contribution >= 0.6 is 0 Å². The van der Waals surface area contributed by atoms with Crippen LogP contribution in [0.4, 0.5) is 5.69 Å². The van der Waals surface area contributed by atoms with Crippen LogP contribution in [-0.2, 0) is 17.6 Å². The summed E-state index contributed by atoms with van der Waals surface area (Å²) in [5.41, 5.74) is 3.73. The van der Waals surface area contributed by atoms with E-state index in [1.807, 2.05) is 6.07 Å². The van der Waals surface area contributed by atoms with Gasteiger partial charge in [-0.3, -0.25) is 4.79 Å². The fourth-order valence-electron chi connectivity index (χ4n) is 2.66. The minimum Gasteiger partial charge on any atom is -0.391 e. The van der Waals surface area contributed by atoms with E-state index < -0.39 is 6.10 Å². The minimum absolute atomic E-state index is 0.0328. The quantitative estimate of drug-likeness (QED) is 0.769. The van der Waals surface area contributed by atoms with Crippen LogP contribution in [0.15, 0.2) is 18.2 Å². The van der Waals surface area contributed by atoms with Gasteiger partial charge in [0.05, 0.1) is 19.1 Å². The first kappa shape index (κ1) is 9.85. The highest BCUT2D eigenvalue weighted by Gasteiger charge is 2.29. The molecule has 1 aliphatic heterocycles. The van der Waals surface area contributed by atoms with Crippen LogP contribution in [0.1, 0.15) is 24.0 Å². The summed E-state index contributed by atoms with van der Waals surface area (Å²) in [6.07, 6.45) is 3.26. The average Bonchev–Trinajstić information content (AvgIpc) is 2.83. The third-order valence-electron chi connectivity index (χ3n) is 3.50. The van der Waals surface area contributed by atoms with Gasteiger partial charge in [0, 0.05) is 5.69 Å². The van der Waals surface area contributed by atoms with Gasteiger partial charge in [0.25, 0.3) is 0 Å². The summed E-state index contributed by atoms with van der Waals surface area (Å²) in [5, 5.41) is 9.46. The Bertz CT molecular complexity index is 442. The van der Waals surface area contributed by atoms with Crippen LogP contribution in [0.5, 0.6) is 0 Å². The Morgan fingerprint density at radius 2 is 2.06 bits per heavy atom. The standard InChI is InChI=1S/C13H15NO2/c15-12-7-13(16)14(8-12)11-5-4-9-2-1-3-10(9)6-11/h4-6,12,15H,1-3,7-8H2. The van der Waals surface area contributed by atoms with E-state index >= 15 is 0 Å². The van der Waals surface area contributed by atoms with Gasteiger partial charge in [-0.25, -0.2) is 0 Å². The summed E-state index contributed by atoms with van der Waals surface area (Å²) in [5.74, 6) is 0.0328. The second-order valence-corrected chi connectivity index (χ2v) is 4.67. The number of hydrogen-bond acceptors (Lipinski definition) is 2. The minimum atomic E-state index is -0.499. The van der Waals surface area contributed by atoms with E-state index in [1.54, 1.807) is 4.90 Å². The van der Waals surface area contributed by atoms with E-state index in [0.29, 0.717) is 6.54 Å². The number of aliphatic hydroxyl groups is 1. The van der Waals surface area contributed by atoms with Gasteiger partial charge in [-0.15, -0.1) is 0 Å². The molecular formula is C13H15NO2. The number of hydrogen-bond donors (Lipinski definition) is 1. The summed E-state index contributed by atoms with van der Waals surface area (Å²) in [6, 6.07) is 6.23. The first-order valence-electron chi connectivity index (χ1n) is 5.84. The molecule has 1 heterocycles. The van der Waals surface area contributed by atoms with Crippen molar-refractivity contribution >= 4 is 11.6 Å². The number of aliphatic hydroxyl groups excluding tert-OH is 1. The van der Waals surface area contributed by atoms with Crippen molar-refractivity contribution in [3.8, 4) is 0 Å². The monoisotopic (exact) mass is 217 g/mol. The molecule has 0 bridgehead atoms. The molecule has 16 heavy (non-hydrogen) atoms. The van der Waals surface area contributed by atoms with Gasteiger partial charge in [0.1, 0.15) is 0 Å². The largest absolute Gasteiger partial charge is 0.391 e. The first-order chi connectivity index (χ1) is 7.74. The molecule has 0 radical (unpaired) electrons. The Hall–Kier alpha value is -1.35. The highest BCUT2D eigenvalue weighted by Crippen LogP contribution is 2.28. The zero-order chi connectivity index (χ0) is 11.1. The number of amides is 1. The molecule has 1 amide bonds. The Kier molecular flexibility index (Phi) is 2.21. The lowest BCUT2D eigenvalue weighted by Crippen LogP contribution is -2.25. The number of rotatable bonds is 1. The molecule has 3 nitrogen and oxygen atoms in total. The van der Waals surface area contributed by atoms with Crippen molar-refractivity contribution in [3.05, 3.63) is 29.3 Å². The molecule has 0 spiro atoms. The second-order valence-electron chi connectivity index (χ2n) is 4.67. The lowest BCUT2D eigenvalue weighted by atomic mass is 10.1. The molecule has 1 aliphatic carbocycles. The molecule has 3 heteroatoms. The van der Waals surface area contributed by atoms with Gasteiger partial charge < -0.3 is 10.0 Å². The number of carbonyl (C=O) groups excluding carboxylic acids is 1. The molecule has 1 unspecified atom stereocenters. The molecule has 84 valence electrons. The third-order valence-corrected chi connectivity index (χ3v) is 3.50. The molecule has 1 aromatic rings. The maximum atomic E-state index is 11.7. The SMILES string of the molecule is O=C1CC(O)CN1c1ccc2c(c1)CCC2. The molecule has 0 aromatic heterocycles. The van der Waals surface area contributed by atoms with E-state index in [0.717, 1.165) is 18.5 Å². The summed E-state index contributed by atoms with van der Waals surface area (Å²) < 4.78 is 0. The Morgan fingerprint density at radius 3 is 2.81 bits per heavy atom. The maximum Gasteiger partial charge on any atom is 0.229 e. The van der Waals surface area contributed by atoms with Crippen molar-refractivity contribution in [1.29, 1.82) is 0 Å². The normalized spacial score (nSPS) is 23.9. The number of benzene rings is 1. The highest BCUT2D eigenvalue weighted by atomic mass is 16.3. The summed E-state index contributed by atoms with van der Waals surface area (Å²) >= 11 is 0. The van der Waals surface area contributed by atoms with E-state index in [9.17, 15) is 9.90 Å². The molecule has 1 N–H and O–H groups in total. The molecule has 0 saturated carbocycles. The lowest BCUT2D eigenvalue weighted by Gasteiger charge is -2.16. The van der Waals surface area contributed by atoms with E-state index in [-0.39, 0.29) is 12.3 Å². The highest BCUT2D eigenvalue weighted by molar-refractivity contribution is 5.96. The van der Waals surface area contributed by atoms with Crippen LogP contribution in [0.2, 0.25) is 0 Å². The number of nitrogens with zero attached hydrogens (tertiary/aromatic N) is 1. The van der Waals surface area contributed by atoms with Crippen molar-refractivity contribution in [2.75, 3.05) is 11.4 Å². The molecule has 1 atom stereocenters. The van der Waals surface area contributed by atoms with Crippen molar-refractivity contribution in [2.24, 2.45) is 0 Å². The van der Waals surface area contributed by atoms with E-state index in [1.165, 1.54) is 17.5 Å². The van der Waals surface area contributed by atoms with Crippen LogP contribution in [0.3, 0.4) is 0 Å². The number of β-amino-alcohol motifs (C(OH)–C–C–N with tert-alkyl or cyclic N) is 1. The van der Waals surface area contributed by atoms with Crippen molar-refractivity contribution in [1.82, 2.24) is 0 Å². The maximum absolute atomic E-state index is 11.7. The Morgan fingerprint density at radius 1 is 1.25 bits per heavy atom. The van der Waals surface area contributed by atoms with Crippen molar-refractivity contribution < 1.29 is 9.90 Å². The number of aryl methyl sites for hydroxylation is 2. The smallest absolute Gasteiger partial charge is 0.229 e. The predicted molar refractivity (Wildman–Crippen MR) is 61.4 cm³/mol. The van der Waals surface area contributed by atoms with Crippen LogP contribution in [0, 0.1) is 0 Å². The van der Waals surface area contributed by atoms with Gasteiger partial charge in [0.2, 0.25) is 5.91 Å². The Balaban J connectivity index is 1.92. The first-order valence-corrected chi connectivity index (χ1v) is 5.84. The Labute approximate surface area is 94.7 Å². The summed E-state index contributed by atoms with van der Waals surface area (Å²) in [4.78, 5) is 13.3. The fraction of sp³-hybridized carbons (Fsp3) is 0.462. The lowest BCUT2D eigenvalue weighted by molar-refractivity contribution is -0.117. The molecule has 1 aromatic carbocycles. The van der Waals surface area contributed by atoms with Gasteiger partial charge in [-0.2, -0.15) is 0 Å². The van der Waals surface area contributed by atoms with E-state index in [2.05, 4.69) is 12.1 Å². The predicted octanol–water partition coefficient (Wildman–Crippen LogP) is 1.27. The molecule has 3 rings (SSSR count). The van der Waals surface area contributed by atoms with Crippen LogP contribution in [-0.4, -0.2) is 23.7 Å². The zero-order valence-electron chi connectivity index (χ0n) is 9.15. The summed E-state index contributed by atoms with van der Waals surface area (Å²) in [6.45, 7) is 0.442. The molecule has 2 aliphatic rings. The third kappa shape index (κ3) is 1.52. The van der Waals surface area contributed by atoms with Gasteiger partial charge in [-0.1, -0.05) is 6.07 Å².